The highest BCUT2D eigenvalue weighted by Gasteiger charge is 2.14. The minimum atomic E-state index is -0.278. The Morgan fingerprint density at radius 3 is 2.75 bits per heavy atom. The van der Waals surface area contributed by atoms with Crippen molar-refractivity contribution in [2.45, 2.75) is 19.4 Å². The molecular weight excluding hydrogens is 204 g/mol. The predicted octanol–water partition coefficient (Wildman–Crippen LogP) is 2.84. The number of ether oxygens (including phenoxy) is 2. The molecule has 2 rings (SSSR count). The minimum Gasteiger partial charge on any atom is -0.493 e. The molecule has 1 heterocycles. The molecule has 0 fully saturated rings. The van der Waals surface area contributed by atoms with E-state index in [1.165, 1.54) is 0 Å². The lowest BCUT2D eigenvalue weighted by atomic mass is 10.1. The second-order valence-electron chi connectivity index (χ2n) is 3.57. The summed E-state index contributed by atoms with van der Waals surface area (Å²) in [5.74, 6) is -0.278. The Morgan fingerprint density at radius 1 is 1.44 bits per heavy atom. The fourth-order valence-electron chi connectivity index (χ4n) is 1.65. The molecule has 0 bridgehead atoms. The zero-order valence-electron chi connectivity index (χ0n) is 9.18. The van der Waals surface area contributed by atoms with Crippen molar-refractivity contribution in [2.24, 2.45) is 0 Å². The van der Waals surface area contributed by atoms with Gasteiger partial charge in [-0.2, -0.15) is 0 Å². The van der Waals surface area contributed by atoms with Crippen LogP contribution in [0.5, 0.6) is 0 Å². The monoisotopic (exact) mass is 218 g/mol. The molecule has 1 aromatic rings. The lowest BCUT2D eigenvalue weighted by Gasteiger charge is -2.10. The van der Waals surface area contributed by atoms with Gasteiger partial charge in [0.25, 0.3) is 0 Å². The van der Waals surface area contributed by atoms with Crippen LogP contribution in [0.15, 0.2) is 36.6 Å². The zero-order chi connectivity index (χ0) is 11.4. The van der Waals surface area contributed by atoms with Crippen LogP contribution in [0.3, 0.4) is 0 Å². The van der Waals surface area contributed by atoms with E-state index in [1.54, 1.807) is 25.3 Å². The first-order valence-electron chi connectivity index (χ1n) is 5.39. The lowest BCUT2D eigenvalue weighted by Crippen LogP contribution is -2.05. The molecule has 0 saturated carbocycles. The Labute approximate surface area is 94.7 Å². The molecular formula is C13H14O3. The summed E-state index contributed by atoms with van der Waals surface area (Å²) in [6.07, 6.45) is 4.68. The fraction of sp³-hybridized carbons (Fsp3) is 0.308. The molecule has 1 aliphatic heterocycles. The molecule has 3 heteroatoms. The highest BCUT2D eigenvalue weighted by atomic mass is 16.5. The maximum Gasteiger partial charge on any atom is 0.338 e. The number of carbonyl (C=O) groups is 1. The second-order valence-corrected chi connectivity index (χ2v) is 3.57. The van der Waals surface area contributed by atoms with Gasteiger partial charge in [-0.05, 0) is 30.7 Å². The van der Waals surface area contributed by atoms with Crippen molar-refractivity contribution in [3.05, 3.63) is 47.7 Å². The number of rotatable bonds is 3. The molecule has 1 aromatic carbocycles. The van der Waals surface area contributed by atoms with Gasteiger partial charge in [0.15, 0.2) is 0 Å². The third-order valence-electron chi connectivity index (χ3n) is 2.48. The van der Waals surface area contributed by atoms with Gasteiger partial charge in [0, 0.05) is 6.42 Å². The predicted molar refractivity (Wildman–Crippen MR) is 60.0 cm³/mol. The Balaban J connectivity index is 2.07. The van der Waals surface area contributed by atoms with E-state index in [9.17, 15) is 4.79 Å². The van der Waals surface area contributed by atoms with Crippen molar-refractivity contribution in [1.82, 2.24) is 0 Å². The third kappa shape index (κ3) is 2.24. The minimum absolute atomic E-state index is 0.0937. The van der Waals surface area contributed by atoms with E-state index in [1.807, 2.05) is 18.2 Å². The molecule has 84 valence electrons. The molecule has 0 amide bonds. The fourth-order valence-corrected chi connectivity index (χ4v) is 1.65. The summed E-state index contributed by atoms with van der Waals surface area (Å²) in [5.41, 5.74) is 1.66. The molecule has 0 spiro atoms. The van der Waals surface area contributed by atoms with Crippen LogP contribution in [0.4, 0.5) is 0 Å². The topological polar surface area (TPSA) is 35.5 Å². The summed E-state index contributed by atoms with van der Waals surface area (Å²) in [4.78, 5) is 11.4. The van der Waals surface area contributed by atoms with Crippen LogP contribution in [0.2, 0.25) is 0 Å². The second kappa shape index (κ2) is 4.84. The molecule has 0 saturated heterocycles. The van der Waals surface area contributed by atoms with E-state index in [-0.39, 0.29) is 12.1 Å². The van der Waals surface area contributed by atoms with Gasteiger partial charge in [0.1, 0.15) is 6.10 Å². The smallest absolute Gasteiger partial charge is 0.338 e. The Kier molecular flexibility index (Phi) is 3.25. The SMILES string of the molecule is CCOC(=O)c1ccc(C2CC=CO2)cc1. The Hall–Kier alpha value is -1.77. The number of carbonyl (C=O) groups excluding carboxylic acids is 1. The van der Waals surface area contributed by atoms with E-state index < -0.39 is 0 Å². The van der Waals surface area contributed by atoms with Crippen molar-refractivity contribution in [3.63, 3.8) is 0 Å². The summed E-state index contributed by atoms with van der Waals surface area (Å²) in [5, 5.41) is 0. The van der Waals surface area contributed by atoms with Crippen LogP contribution in [-0.2, 0) is 9.47 Å². The molecule has 0 aliphatic carbocycles. The van der Waals surface area contributed by atoms with Crippen LogP contribution in [0.1, 0.15) is 35.4 Å². The first-order chi connectivity index (χ1) is 7.81. The highest BCUT2D eigenvalue weighted by Crippen LogP contribution is 2.26. The number of hydrogen-bond acceptors (Lipinski definition) is 3. The van der Waals surface area contributed by atoms with Gasteiger partial charge in [0.2, 0.25) is 0 Å². The first kappa shape index (κ1) is 10.7. The largest absolute Gasteiger partial charge is 0.493 e. The first-order valence-corrected chi connectivity index (χ1v) is 5.39. The van der Waals surface area contributed by atoms with Crippen molar-refractivity contribution in [2.75, 3.05) is 6.61 Å². The van der Waals surface area contributed by atoms with Gasteiger partial charge < -0.3 is 9.47 Å². The van der Waals surface area contributed by atoms with Gasteiger partial charge in [0.05, 0.1) is 18.4 Å². The average molecular weight is 218 g/mol. The van der Waals surface area contributed by atoms with Crippen LogP contribution in [0.25, 0.3) is 0 Å². The van der Waals surface area contributed by atoms with E-state index in [4.69, 9.17) is 9.47 Å². The van der Waals surface area contributed by atoms with Crippen molar-refractivity contribution < 1.29 is 14.3 Å². The van der Waals surface area contributed by atoms with Crippen molar-refractivity contribution >= 4 is 5.97 Å². The van der Waals surface area contributed by atoms with Crippen molar-refractivity contribution in [3.8, 4) is 0 Å². The molecule has 0 N–H and O–H groups in total. The average Bonchev–Trinajstić information content (AvgIpc) is 2.83. The summed E-state index contributed by atoms with van der Waals surface area (Å²) >= 11 is 0. The maximum atomic E-state index is 11.4. The summed E-state index contributed by atoms with van der Waals surface area (Å²) in [7, 11) is 0. The van der Waals surface area contributed by atoms with E-state index >= 15 is 0 Å². The number of benzene rings is 1. The highest BCUT2D eigenvalue weighted by molar-refractivity contribution is 5.89. The summed E-state index contributed by atoms with van der Waals surface area (Å²) < 4.78 is 10.3. The summed E-state index contributed by atoms with van der Waals surface area (Å²) in [6.45, 7) is 2.19. The molecule has 1 aliphatic rings. The maximum absolute atomic E-state index is 11.4. The third-order valence-corrected chi connectivity index (χ3v) is 2.48. The summed E-state index contributed by atoms with van der Waals surface area (Å²) in [6, 6.07) is 7.36. The van der Waals surface area contributed by atoms with Gasteiger partial charge in [-0.1, -0.05) is 12.1 Å². The normalized spacial score (nSPS) is 18.2. The van der Waals surface area contributed by atoms with Crippen LogP contribution >= 0.6 is 0 Å². The van der Waals surface area contributed by atoms with E-state index in [2.05, 4.69) is 0 Å². The molecule has 1 atom stereocenters. The number of esters is 1. The van der Waals surface area contributed by atoms with Crippen molar-refractivity contribution in [1.29, 1.82) is 0 Å². The molecule has 0 aromatic heterocycles. The van der Waals surface area contributed by atoms with E-state index in [0.717, 1.165) is 12.0 Å². The van der Waals surface area contributed by atoms with Crippen LogP contribution < -0.4 is 0 Å². The molecule has 16 heavy (non-hydrogen) atoms. The molecule has 0 radical (unpaired) electrons. The zero-order valence-corrected chi connectivity index (χ0v) is 9.18. The van der Waals surface area contributed by atoms with E-state index in [0.29, 0.717) is 12.2 Å². The quantitative estimate of drug-likeness (QED) is 0.732. The van der Waals surface area contributed by atoms with Gasteiger partial charge in [-0.15, -0.1) is 0 Å². The lowest BCUT2D eigenvalue weighted by molar-refractivity contribution is 0.0526. The van der Waals surface area contributed by atoms with Gasteiger partial charge in [-0.25, -0.2) is 4.79 Å². The molecule has 1 unspecified atom stereocenters. The Bertz CT molecular complexity index is 384. The standard InChI is InChI=1S/C13H14O3/c1-2-15-13(14)11-7-5-10(6-8-11)12-4-3-9-16-12/h3,5-9,12H,2,4H2,1H3. The molecule has 3 nitrogen and oxygen atoms in total. The van der Waals surface area contributed by atoms with Gasteiger partial charge >= 0.3 is 5.97 Å². The van der Waals surface area contributed by atoms with Gasteiger partial charge in [-0.3, -0.25) is 0 Å². The van der Waals surface area contributed by atoms with Crippen LogP contribution in [-0.4, -0.2) is 12.6 Å². The number of hydrogen-bond donors (Lipinski definition) is 0. The van der Waals surface area contributed by atoms with Crippen LogP contribution in [0, 0.1) is 0 Å². The Morgan fingerprint density at radius 2 is 2.19 bits per heavy atom.